The lowest BCUT2D eigenvalue weighted by atomic mass is 9.59. The molecule has 4 aliphatic heterocycles. The molecular formula is C20H28N2O3. The summed E-state index contributed by atoms with van der Waals surface area (Å²) in [5.41, 5.74) is 0.824. The van der Waals surface area contributed by atoms with E-state index in [9.17, 15) is 4.79 Å². The van der Waals surface area contributed by atoms with E-state index in [4.69, 9.17) is 9.47 Å². The molecule has 2 unspecified atom stereocenters. The van der Waals surface area contributed by atoms with E-state index in [-0.39, 0.29) is 17.0 Å². The Morgan fingerprint density at radius 3 is 2.28 bits per heavy atom. The molecule has 0 spiro atoms. The van der Waals surface area contributed by atoms with Crippen molar-refractivity contribution in [3.63, 3.8) is 0 Å². The Hall–Kier alpha value is -1.59. The molecule has 0 N–H and O–H groups in total. The second kappa shape index (κ2) is 5.71. The summed E-state index contributed by atoms with van der Waals surface area (Å²) >= 11 is 0. The summed E-state index contributed by atoms with van der Waals surface area (Å²) in [4.78, 5) is 18.2. The molecule has 4 bridgehead atoms. The van der Waals surface area contributed by atoms with Crippen LogP contribution in [0.4, 0.5) is 0 Å². The summed E-state index contributed by atoms with van der Waals surface area (Å²) in [7, 11) is 3.34. The average Bonchev–Trinajstić information content (AvgIpc) is 2.58. The first-order valence-corrected chi connectivity index (χ1v) is 9.21. The van der Waals surface area contributed by atoms with E-state index in [1.54, 1.807) is 14.2 Å². The summed E-state index contributed by atoms with van der Waals surface area (Å²) in [5.74, 6) is 2.02. The highest BCUT2D eigenvalue weighted by Gasteiger charge is 2.63. The van der Waals surface area contributed by atoms with Gasteiger partial charge in [-0.1, -0.05) is 26.3 Å². The van der Waals surface area contributed by atoms with Gasteiger partial charge in [0.05, 0.1) is 31.2 Å². The summed E-state index contributed by atoms with van der Waals surface area (Å²) in [6, 6.07) is 6.20. The first kappa shape index (κ1) is 16.9. The fourth-order valence-corrected chi connectivity index (χ4v) is 5.58. The Labute approximate surface area is 149 Å². The molecule has 0 saturated carbocycles. The van der Waals surface area contributed by atoms with Crippen molar-refractivity contribution < 1.29 is 14.3 Å². The van der Waals surface area contributed by atoms with Crippen LogP contribution in [0.15, 0.2) is 18.2 Å². The Bertz CT molecular complexity index is 686. The van der Waals surface area contributed by atoms with E-state index in [2.05, 4.69) is 35.8 Å². The van der Waals surface area contributed by atoms with Crippen LogP contribution >= 0.6 is 0 Å². The third-order valence-corrected chi connectivity index (χ3v) is 6.27. The van der Waals surface area contributed by atoms with E-state index in [0.29, 0.717) is 5.78 Å². The molecule has 4 saturated heterocycles. The van der Waals surface area contributed by atoms with Crippen molar-refractivity contribution >= 4 is 5.78 Å². The molecule has 5 rings (SSSR count). The Balaban J connectivity index is 1.70. The van der Waals surface area contributed by atoms with Crippen molar-refractivity contribution in [3.8, 4) is 11.5 Å². The summed E-state index contributed by atoms with van der Waals surface area (Å²) < 4.78 is 10.9. The van der Waals surface area contributed by atoms with Crippen LogP contribution in [-0.4, -0.2) is 56.0 Å². The fraction of sp³-hybridized carbons (Fsp3) is 0.650. The number of carbonyl (C=O) groups is 1. The maximum Gasteiger partial charge on any atom is 0.161 e. The molecule has 1 aromatic rings. The second-order valence-corrected chi connectivity index (χ2v) is 8.22. The van der Waals surface area contributed by atoms with Gasteiger partial charge in [0.25, 0.3) is 0 Å². The molecule has 0 radical (unpaired) electrons. The highest BCUT2D eigenvalue weighted by molar-refractivity contribution is 5.93. The van der Waals surface area contributed by atoms with Gasteiger partial charge in [-0.05, 0) is 24.1 Å². The summed E-state index contributed by atoms with van der Waals surface area (Å²) in [6.45, 7) is 7.81. The fourth-order valence-electron chi connectivity index (χ4n) is 5.58. The van der Waals surface area contributed by atoms with Crippen molar-refractivity contribution in [2.75, 3.05) is 40.4 Å². The van der Waals surface area contributed by atoms with Crippen molar-refractivity contribution in [1.29, 1.82) is 0 Å². The van der Waals surface area contributed by atoms with Crippen LogP contribution in [0.1, 0.15) is 38.4 Å². The first-order valence-electron chi connectivity index (χ1n) is 9.21. The van der Waals surface area contributed by atoms with Crippen molar-refractivity contribution in [1.82, 2.24) is 9.80 Å². The van der Waals surface area contributed by atoms with Crippen LogP contribution in [0.2, 0.25) is 0 Å². The number of hydrogen-bond acceptors (Lipinski definition) is 5. The molecule has 0 aromatic heterocycles. The lowest BCUT2D eigenvalue weighted by Crippen LogP contribution is -2.76. The van der Waals surface area contributed by atoms with Gasteiger partial charge in [-0.25, -0.2) is 0 Å². The molecule has 4 heterocycles. The smallest absolute Gasteiger partial charge is 0.161 e. The van der Waals surface area contributed by atoms with Crippen LogP contribution in [0, 0.1) is 10.8 Å². The Morgan fingerprint density at radius 2 is 1.72 bits per heavy atom. The standard InChI is InChI=1S/C20H28N2O3/c1-5-8-20-12-21-10-19(2,18(20)23)11-22(13-20)17(21)14-6-7-15(24-3)16(9-14)25-4/h6-7,9,17H,5,8,10-13H2,1-4H3. The monoisotopic (exact) mass is 344 g/mol. The number of benzene rings is 1. The Morgan fingerprint density at radius 1 is 1.08 bits per heavy atom. The predicted octanol–water partition coefficient (Wildman–Crippen LogP) is 2.71. The molecule has 5 heteroatoms. The second-order valence-electron chi connectivity index (χ2n) is 8.22. The molecule has 1 aromatic carbocycles. The molecule has 4 aliphatic rings. The van der Waals surface area contributed by atoms with Gasteiger partial charge in [0.2, 0.25) is 0 Å². The minimum absolute atomic E-state index is 0.174. The molecule has 0 amide bonds. The molecule has 25 heavy (non-hydrogen) atoms. The minimum atomic E-state index is -0.223. The number of carbonyl (C=O) groups excluding carboxylic acids is 1. The van der Waals surface area contributed by atoms with Crippen LogP contribution < -0.4 is 9.47 Å². The van der Waals surface area contributed by atoms with Gasteiger partial charge >= 0.3 is 0 Å². The number of ketones is 1. The molecule has 5 nitrogen and oxygen atoms in total. The molecule has 4 fully saturated rings. The summed E-state index contributed by atoms with van der Waals surface area (Å²) in [6.07, 6.45) is 2.28. The lowest BCUT2D eigenvalue weighted by Gasteiger charge is -2.65. The van der Waals surface area contributed by atoms with Crippen LogP contribution in [0.25, 0.3) is 0 Å². The zero-order valence-corrected chi connectivity index (χ0v) is 15.7. The maximum absolute atomic E-state index is 13.1. The van der Waals surface area contributed by atoms with E-state index < -0.39 is 0 Å². The van der Waals surface area contributed by atoms with Crippen molar-refractivity contribution in [2.45, 2.75) is 32.9 Å². The molecule has 136 valence electrons. The lowest BCUT2D eigenvalue weighted by molar-refractivity contribution is -0.201. The van der Waals surface area contributed by atoms with Crippen LogP contribution in [0.5, 0.6) is 11.5 Å². The number of rotatable bonds is 5. The van der Waals surface area contributed by atoms with E-state index in [1.807, 2.05) is 6.07 Å². The number of ether oxygens (including phenoxy) is 2. The SMILES string of the molecule is CCCC12CN3CC(C)(CN(C1)C3c1ccc(OC)c(OC)c1)C2=O. The van der Waals surface area contributed by atoms with E-state index in [1.165, 1.54) is 5.56 Å². The first-order chi connectivity index (χ1) is 12.0. The number of nitrogens with zero attached hydrogens (tertiary/aromatic N) is 2. The van der Waals surface area contributed by atoms with E-state index >= 15 is 0 Å². The molecular weight excluding hydrogens is 316 g/mol. The third kappa shape index (κ3) is 2.32. The highest BCUT2D eigenvalue weighted by atomic mass is 16.5. The van der Waals surface area contributed by atoms with Gasteiger partial charge in [0.1, 0.15) is 5.78 Å². The zero-order valence-electron chi connectivity index (χ0n) is 15.7. The van der Waals surface area contributed by atoms with Crippen LogP contribution in [-0.2, 0) is 4.79 Å². The predicted molar refractivity (Wildman–Crippen MR) is 95.9 cm³/mol. The number of Topliss-reactive ketones (excluding diaryl/α,β-unsaturated/α-hetero) is 1. The highest BCUT2D eigenvalue weighted by Crippen LogP contribution is 2.54. The zero-order chi connectivity index (χ0) is 17.8. The van der Waals surface area contributed by atoms with Gasteiger partial charge in [-0.15, -0.1) is 0 Å². The van der Waals surface area contributed by atoms with Crippen molar-refractivity contribution in [3.05, 3.63) is 23.8 Å². The Kier molecular flexibility index (Phi) is 3.85. The van der Waals surface area contributed by atoms with Gasteiger partial charge in [-0.2, -0.15) is 0 Å². The summed E-state index contributed by atoms with van der Waals surface area (Å²) in [5, 5.41) is 0. The quantitative estimate of drug-likeness (QED) is 0.822. The van der Waals surface area contributed by atoms with Crippen molar-refractivity contribution in [2.24, 2.45) is 10.8 Å². The third-order valence-electron chi connectivity index (χ3n) is 6.27. The normalized spacial score (nSPS) is 38.9. The largest absolute Gasteiger partial charge is 0.493 e. The van der Waals surface area contributed by atoms with E-state index in [0.717, 1.165) is 50.5 Å². The number of piperidine rings is 2. The topological polar surface area (TPSA) is 42.0 Å². The average molecular weight is 344 g/mol. The minimum Gasteiger partial charge on any atom is -0.493 e. The van der Waals surface area contributed by atoms with Crippen LogP contribution in [0.3, 0.4) is 0 Å². The molecule has 0 aliphatic carbocycles. The number of methoxy groups -OCH3 is 2. The maximum atomic E-state index is 13.1. The van der Waals surface area contributed by atoms with Gasteiger partial charge in [-0.3, -0.25) is 14.6 Å². The number of hydrogen-bond donors (Lipinski definition) is 0. The van der Waals surface area contributed by atoms with Gasteiger partial charge in [0.15, 0.2) is 11.5 Å². The molecule has 2 atom stereocenters. The van der Waals surface area contributed by atoms with Gasteiger partial charge in [0, 0.05) is 26.2 Å². The van der Waals surface area contributed by atoms with Gasteiger partial charge < -0.3 is 9.47 Å².